The van der Waals surface area contributed by atoms with Crippen LogP contribution in [0.2, 0.25) is 0 Å². The molecule has 0 saturated carbocycles. The van der Waals surface area contributed by atoms with Crippen LogP contribution in [0.15, 0.2) is 30.3 Å². The number of aryl methyl sites for hydroxylation is 1. The summed E-state index contributed by atoms with van der Waals surface area (Å²) in [5.41, 5.74) is 4.21. The highest BCUT2D eigenvalue weighted by molar-refractivity contribution is 5.64. The van der Waals surface area contributed by atoms with Crippen LogP contribution in [-0.2, 0) is 6.42 Å². The number of hydrogen-bond donors (Lipinski definition) is 1. The zero-order valence-electron chi connectivity index (χ0n) is 13.0. The Morgan fingerprint density at radius 2 is 2.11 bits per heavy atom. The SMILES string of the molecule is CCCc1cccc(/C(C)=C/CCNCC(C)C)c1. The molecule has 0 atom stereocenters. The number of allylic oxidation sites excluding steroid dienone is 1. The molecule has 0 aromatic heterocycles. The summed E-state index contributed by atoms with van der Waals surface area (Å²) in [5.74, 6) is 0.732. The van der Waals surface area contributed by atoms with E-state index in [4.69, 9.17) is 0 Å². The van der Waals surface area contributed by atoms with E-state index in [1.807, 2.05) is 0 Å². The van der Waals surface area contributed by atoms with E-state index in [1.54, 1.807) is 0 Å². The highest BCUT2D eigenvalue weighted by atomic mass is 14.8. The summed E-state index contributed by atoms with van der Waals surface area (Å²) in [6, 6.07) is 8.95. The standard InChI is InChI=1S/C18H29N/c1-5-8-17-10-6-11-18(13-17)16(4)9-7-12-19-14-15(2)3/h6,9-11,13,15,19H,5,7-8,12,14H2,1-4H3/b16-9+. The van der Waals surface area contributed by atoms with Crippen LogP contribution in [-0.4, -0.2) is 13.1 Å². The molecule has 0 fully saturated rings. The summed E-state index contributed by atoms with van der Waals surface area (Å²) >= 11 is 0. The lowest BCUT2D eigenvalue weighted by Gasteiger charge is -2.07. The molecule has 0 bridgehead atoms. The lowest BCUT2D eigenvalue weighted by Crippen LogP contribution is -2.20. The Balaban J connectivity index is 2.47. The van der Waals surface area contributed by atoms with Gasteiger partial charge < -0.3 is 5.32 Å². The van der Waals surface area contributed by atoms with E-state index >= 15 is 0 Å². The van der Waals surface area contributed by atoms with Crippen LogP contribution in [0, 0.1) is 5.92 Å². The predicted octanol–water partition coefficient (Wildman–Crippen LogP) is 4.68. The number of rotatable bonds is 8. The van der Waals surface area contributed by atoms with Crippen molar-refractivity contribution >= 4 is 5.57 Å². The Morgan fingerprint density at radius 3 is 2.79 bits per heavy atom. The fourth-order valence-corrected chi connectivity index (χ4v) is 2.16. The minimum atomic E-state index is 0.732. The van der Waals surface area contributed by atoms with Crippen molar-refractivity contribution in [3.8, 4) is 0 Å². The van der Waals surface area contributed by atoms with Gasteiger partial charge in [0.05, 0.1) is 0 Å². The highest BCUT2D eigenvalue weighted by Crippen LogP contribution is 2.16. The van der Waals surface area contributed by atoms with Gasteiger partial charge in [0, 0.05) is 0 Å². The van der Waals surface area contributed by atoms with E-state index in [9.17, 15) is 0 Å². The molecule has 0 aliphatic rings. The maximum Gasteiger partial charge on any atom is -0.00139 e. The molecule has 0 spiro atoms. The number of nitrogens with one attached hydrogen (secondary N) is 1. The molecule has 1 rings (SSSR count). The topological polar surface area (TPSA) is 12.0 Å². The molecule has 0 aliphatic heterocycles. The summed E-state index contributed by atoms with van der Waals surface area (Å²) in [7, 11) is 0. The second-order valence-electron chi connectivity index (χ2n) is 5.72. The monoisotopic (exact) mass is 259 g/mol. The Bertz CT molecular complexity index is 390. The molecule has 0 aliphatic carbocycles. The molecular weight excluding hydrogens is 230 g/mol. The van der Waals surface area contributed by atoms with Gasteiger partial charge in [0.2, 0.25) is 0 Å². The first-order valence-corrected chi connectivity index (χ1v) is 7.60. The molecule has 1 N–H and O–H groups in total. The van der Waals surface area contributed by atoms with Gasteiger partial charge in [-0.05, 0) is 55.5 Å². The Labute approximate surface area is 119 Å². The normalized spacial score (nSPS) is 12.2. The quantitative estimate of drug-likeness (QED) is 0.668. The van der Waals surface area contributed by atoms with Crippen LogP contribution in [0.5, 0.6) is 0 Å². The van der Waals surface area contributed by atoms with Crippen molar-refractivity contribution in [1.82, 2.24) is 5.32 Å². The summed E-state index contributed by atoms with van der Waals surface area (Å²) in [5, 5.41) is 3.48. The van der Waals surface area contributed by atoms with Crippen molar-refractivity contribution in [3.63, 3.8) is 0 Å². The van der Waals surface area contributed by atoms with Crippen molar-refractivity contribution in [2.75, 3.05) is 13.1 Å². The van der Waals surface area contributed by atoms with Crippen LogP contribution in [0.4, 0.5) is 0 Å². The minimum absolute atomic E-state index is 0.732. The zero-order valence-corrected chi connectivity index (χ0v) is 13.0. The Kier molecular flexibility index (Phi) is 7.50. The molecule has 0 heterocycles. The molecule has 0 amide bonds. The lowest BCUT2D eigenvalue weighted by atomic mass is 10.0. The van der Waals surface area contributed by atoms with Gasteiger partial charge in [-0.2, -0.15) is 0 Å². The van der Waals surface area contributed by atoms with Crippen LogP contribution < -0.4 is 5.32 Å². The van der Waals surface area contributed by atoms with Gasteiger partial charge in [-0.3, -0.25) is 0 Å². The van der Waals surface area contributed by atoms with Gasteiger partial charge in [0.25, 0.3) is 0 Å². The Hall–Kier alpha value is -1.08. The van der Waals surface area contributed by atoms with Crippen LogP contribution >= 0.6 is 0 Å². The number of hydrogen-bond acceptors (Lipinski definition) is 1. The second kappa shape index (κ2) is 8.92. The first-order valence-electron chi connectivity index (χ1n) is 7.60. The maximum absolute atomic E-state index is 3.48. The molecular formula is C18H29N. The van der Waals surface area contributed by atoms with Crippen LogP contribution in [0.25, 0.3) is 5.57 Å². The first kappa shape index (κ1) is 16.0. The van der Waals surface area contributed by atoms with E-state index in [0.717, 1.165) is 25.4 Å². The third-order valence-electron chi connectivity index (χ3n) is 3.25. The summed E-state index contributed by atoms with van der Waals surface area (Å²) in [4.78, 5) is 0. The fraction of sp³-hybridized carbons (Fsp3) is 0.556. The van der Waals surface area contributed by atoms with Crippen molar-refractivity contribution in [3.05, 3.63) is 41.5 Å². The van der Waals surface area contributed by atoms with Gasteiger partial charge in [-0.25, -0.2) is 0 Å². The van der Waals surface area contributed by atoms with Crippen molar-refractivity contribution in [1.29, 1.82) is 0 Å². The average Bonchev–Trinajstić information content (AvgIpc) is 2.38. The summed E-state index contributed by atoms with van der Waals surface area (Å²) in [6.07, 6.45) is 5.84. The van der Waals surface area contributed by atoms with E-state index < -0.39 is 0 Å². The Morgan fingerprint density at radius 1 is 1.32 bits per heavy atom. The maximum atomic E-state index is 3.48. The molecule has 1 aromatic rings. The zero-order chi connectivity index (χ0) is 14.1. The van der Waals surface area contributed by atoms with E-state index in [1.165, 1.54) is 29.5 Å². The molecule has 0 unspecified atom stereocenters. The molecule has 106 valence electrons. The van der Waals surface area contributed by atoms with Gasteiger partial charge in [-0.15, -0.1) is 0 Å². The predicted molar refractivity (Wildman–Crippen MR) is 86.4 cm³/mol. The third-order valence-corrected chi connectivity index (χ3v) is 3.25. The first-order chi connectivity index (χ1) is 9.13. The summed E-state index contributed by atoms with van der Waals surface area (Å²) < 4.78 is 0. The molecule has 0 saturated heterocycles. The molecule has 1 nitrogen and oxygen atoms in total. The van der Waals surface area contributed by atoms with Crippen LogP contribution in [0.3, 0.4) is 0 Å². The number of benzene rings is 1. The largest absolute Gasteiger partial charge is 0.316 e. The smallest absolute Gasteiger partial charge is 0.00139 e. The average molecular weight is 259 g/mol. The van der Waals surface area contributed by atoms with Crippen LogP contribution in [0.1, 0.15) is 51.7 Å². The van der Waals surface area contributed by atoms with E-state index in [2.05, 4.69) is 63.4 Å². The van der Waals surface area contributed by atoms with Gasteiger partial charge in [-0.1, -0.05) is 57.5 Å². The second-order valence-corrected chi connectivity index (χ2v) is 5.72. The summed E-state index contributed by atoms with van der Waals surface area (Å²) in [6.45, 7) is 11.1. The highest BCUT2D eigenvalue weighted by Gasteiger charge is 1.98. The molecule has 1 aromatic carbocycles. The molecule has 1 heteroatoms. The van der Waals surface area contributed by atoms with Gasteiger partial charge in [0.15, 0.2) is 0 Å². The lowest BCUT2D eigenvalue weighted by molar-refractivity contribution is 0.557. The van der Waals surface area contributed by atoms with E-state index in [-0.39, 0.29) is 0 Å². The molecule has 0 radical (unpaired) electrons. The van der Waals surface area contributed by atoms with Crippen molar-refractivity contribution in [2.45, 2.75) is 47.0 Å². The van der Waals surface area contributed by atoms with E-state index in [0.29, 0.717) is 0 Å². The minimum Gasteiger partial charge on any atom is -0.316 e. The fourth-order valence-electron chi connectivity index (χ4n) is 2.16. The van der Waals surface area contributed by atoms with Crippen molar-refractivity contribution in [2.24, 2.45) is 5.92 Å². The molecule has 19 heavy (non-hydrogen) atoms. The van der Waals surface area contributed by atoms with Gasteiger partial charge >= 0.3 is 0 Å². The van der Waals surface area contributed by atoms with Crippen molar-refractivity contribution < 1.29 is 0 Å². The third kappa shape index (κ3) is 6.58. The van der Waals surface area contributed by atoms with Gasteiger partial charge in [0.1, 0.15) is 0 Å².